The molecule has 29 heavy (non-hydrogen) atoms. The fraction of sp³-hybridized carbons (Fsp3) is 0.286. The molecular weight excluding hydrogens is 370 g/mol. The molecule has 0 spiro atoms. The third-order valence-corrected chi connectivity index (χ3v) is 4.24. The highest BCUT2D eigenvalue weighted by atomic mass is 16.5. The van der Waals surface area contributed by atoms with Gasteiger partial charge in [0.05, 0.1) is 21.3 Å². The molecule has 2 aromatic carbocycles. The van der Waals surface area contributed by atoms with E-state index in [1.807, 2.05) is 6.92 Å². The fourth-order valence-electron chi connectivity index (χ4n) is 2.79. The van der Waals surface area contributed by atoms with Crippen LogP contribution in [-0.4, -0.2) is 36.3 Å². The van der Waals surface area contributed by atoms with E-state index in [2.05, 4.69) is 56.8 Å². The minimum Gasteiger partial charge on any atom is -0.493 e. The van der Waals surface area contributed by atoms with Gasteiger partial charge in [-0.3, -0.25) is 0 Å². The predicted octanol–water partition coefficient (Wildman–Crippen LogP) is 3.87. The van der Waals surface area contributed by atoms with Gasteiger partial charge in [0.2, 0.25) is 17.6 Å². The van der Waals surface area contributed by atoms with Gasteiger partial charge in [-0.1, -0.05) is 29.8 Å². The van der Waals surface area contributed by atoms with Gasteiger partial charge >= 0.3 is 0 Å². The highest BCUT2D eigenvalue weighted by molar-refractivity contribution is 5.65. The maximum atomic E-state index is 5.39. The summed E-state index contributed by atoms with van der Waals surface area (Å²) in [7, 11) is 4.71. The van der Waals surface area contributed by atoms with E-state index in [0.717, 1.165) is 5.56 Å². The van der Waals surface area contributed by atoms with E-state index in [0.29, 0.717) is 47.2 Å². The standard InChI is InChI=1S/C21H25N5O3/c1-13-6-8-15(9-7-13)12-22-20-23-14(2)24-21(26-20)25-16-10-17(27-3)19(29-5)18(11-16)28-4/h6-11H,12H2,1-5H3,(H2,22,23,24,25,26). The van der Waals surface area contributed by atoms with Crippen LogP contribution in [0.25, 0.3) is 0 Å². The zero-order chi connectivity index (χ0) is 20.8. The average molecular weight is 395 g/mol. The predicted molar refractivity (Wildman–Crippen MR) is 112 cm³/mol. The molecule has 0 fully saturated rings. The molecule has 0 aliphatic heterocycles. The van der Waals surface area contributed by atoms with E-state index in [4.69, 9.17) is 14.2 Å². The van der Waals surface area contributed by atoms with Crippen LogP contribution >= 0.6 is 0 Å². The third kappa shape index (κ3) is 5.04. The van der Waals surface area contributed by atoms with Crippen LogP contribution in [0, 0.1) is 13.8 Å². The van der Waals surface area contributed by atoms with Crippen LogP contribution in [0.15, 0.2) is 36.4 Å². The van der Waals surface area contributed by atoms with Crippen molar-refractivity contribution in [3.8, 4) is 17.2 Å². The molecule has 0 radical (unpaired) electrons. The third-order valence-electron chi connectivity index (χ3n) is 4.24. The quantitative estimate of drug-likeness (QED) is 0.594. The Balaban J connectivity index is 1.80. The maximum absolute atomic E-state index is 5.39. The Morgan fingerprint density at radius 3 is 2.00 bits per heavy atom. The topological polar surface area (TPSA) is 90.4 Å². The van der Waals surface area contributed by atoms with Gasteiger partial charge in [0.25, 0.3) is 0 Å². The summed E-state index contributed by atoms with van der Waals surface area (Å²) in [4.78, 5) is 13.2. The summed E-state index contributed by atoms with van der Waals surface area (Å²) < 4.78 is 16.1. The first-order chi connectivity index (χ1) is 14.0. The summed E-state index contributed by atoms with van der Waals surface area (Å²) in [5.41, 5.74) is 3.07. The second-order valence-electron chi connectivity index (χ2n) is 6.41. The van der Waals surface area contributed by atoms with Gasteiger partial charge in [-0.05, 0) is 19.4 Å². The number of hydrogen-bond donors (Lipinski definition) is 2. The van der Waals surface area contributed by atoms with E-state index < -0.39 is 0 Å². The molecule has 3 aromatic rings. The lowest BCUT2D eigenvalue weighted by molar-refractivity contribution is 0.324. The summed E-state index contributed by atoms with van der Waals surface area (Å²) in [5, 5.41) is 6.41. The van der Waals surface area contributed by atoms with Gasteiger partial charge in [0, 0.05) is 24.4 Å². The second-order valence-corrected chi connectivity index (χ2v) is 6.41. The lowest BCUT2D eigenvalue weighted by Crippen LogP contribution is -2.08. The molecule has 2 N–H and O–H groups in total. The van der Waals surface area contributed by atoms with Gasteiger partial charge < -0.3 is 24.8 Å². The van der Waals surface area contributed by atoms with Crippen molar-refractivity contribution in [1.82, 2.24) is 15.0 Å². The van der Waals surface area contributed by atoms with Crippen LogP contribution in [0.2, 0.25) is 0 Å². The zero-order valence-electron chi connectivity index (χ0n) is 17.2. The van der Waals surface area contributed by atoms with Crippen molar-refractivity contribution in [2.75, 3.05) is 32.0 Å². The fourth-order valence-corrected chi connectivity index (χ4v) is 2.79. The Bertz CT molecular complexity index is 952. The van der Waals surface area contributed by atoms with E-state index in [1.165, 1.54) is 5.56 Å². The van der Waals surface area contributed by atoms with Crippen molar-refractivity contribution in [1.29, 1.82) is 0 Å². The number of anilines is 3. The number of aryl methyl sites for hydroxylation is 2. The van der Waals surface area contributed by atoms with Crippen molar-refractivity contribution in [3.05, 3.63) is 53.3 Å². The lowest BCUT2D eigenvalue weighted by Gasteiger charge is -2.15. The number of aromatic nitrogens is 3. The summed E-state index contributed by atoms with van der Waals surface area (Å²) >= 11 is 0. The number of nitrogens with one attached hydrogen (secondary N) is 2. The first-order valence-electron chi connectivity index (χ1n) is 9.11. The first-order valence-corrected chi connectivity index (χ1v) is 9.11. The lowest BCUT2D eigenvalue weighted by atomic mass is 10.1. The average Bonchev–Trinajstić information content (AvgIpc) is 2.72. The Labute approximate surface area is 170 Å². The number of rotatable bonds is 8. The smallest absolute Gasteiger partial charge is 0.232 e. The highest BCUT2D eigenvalue weighted by Crippen LogP contribution is 2.40. The summed E-state index contributed by atoms with van der Waals surface area (Å²) in [6, 6.07) is 11.9. The molecule has 0 bridgehead atoms. The summed E-state index contributed by atoms with van der Waals surface area (Å²) in [6.07, 6.45) is 0. The van der Waals surface area contributed by atoms with Crippen molar-refractivity contribution >= 4 is 17.6 Å². The van der Waals surface area contributed by atoms with Gasteiger partial charge in [-0.15, -0.1) is 0 Å². The normalized spacial score (nSPS) is 10.4. The maximum Gasteiger partial charge on any atom is 0.232 e. The number of hydrogen-bond acceptors (Lipinski definition) is 8. The molecule has 1 aromatic heterocycles. The van der Waals surface area contributed by atoms with Crippen LogP contribution in [0.4, 0.5) is 17.6 Å². The van der Waals surface area contributed by atoms with Crippen LogP contribution in [0.5, 0.6) is 17.2 Å². The molecule has 0 amide bonds. The van der Waals surface area contributed by atoms with Crippen LogP contribution < -0.4 is 24.8 Å². The number of benzene rings is 2. The molecule has 1 heterocycles. The monoisotopic (exact) mass is 395 g/mol. The number of methoxy groups -OCH3 is 3. The molecular formula is C21H25N5O3. The Morgan fingerprint density at radius 2 is 1.41 bits per heavy atom. The molecule has 3 rings (SSSR count). The van der Waals surface area contributed by atoms with Crippen molar-refractivity contribution in [2.24, 2.45) is 0 Å². The Hall–Kier alpha value is -3.55. The molecule has 0 atom stereocenters. The van der Waals surface area contributed by atoms with Crippen LogP contribution in [-0.2, 0) is 6.54 Å². The van der Waals surface area contributed by atoms with Crippen LogP contribution in [0.3, 0.4) is 0 Å². The Morgan fingerprint density at radius 1 is 0.793 bits per heavy atom. The van der Waals surface area contributed by atoms with E-state index >= 15 is 0 Å². The van der Waals surface area contributed by atoms with Crippen LogP contribution in [0.1, 0.15) is 17.0 Å². The van der Waals surface area contributed by atoms with Crippen molar-refractivity contribution in [3.63, 3.8) is 0 Å². The second kappa shape index (κ2) is 9.09. The van der Waals surface area contributed by atoms with E-state index in [1.54, 1.807) is 33.5 Å². The minimum atomic E-state index is 0.415. The number of nitrogens with zero attached hydrogens (tertiary/aromatic N) is 3. The van der Waals surface area contributed by atoms with Crippen molar-refractivity contribution in [2.45, 2.75) is 20.4 Å². The molecule has 8 heteroatoms. The van der Waals surface area contributed by atoms with Gasteiger partial charge in [0.1, 0.15) is 5.82 Å². The van der Waals surface area contributed by atoms with Gasteiger partial charge in [-0.25, -0.2) is 0 Å². The highest BCUT2D eigenvalue weighted by Gasteiger charge is 2.14. The largest absolute Gasteiger partial charge is 0.493 e. The van der Waals surface area contributed by atoms with E-state index in [9.17, 15) is 0 Å². The Kier molecular flexibility index (Phi) is 6.33. The first kappa shape index (κ1) is 20.2. The van der Waals surface area contributed by atoms with Gasteiger partial charge in [-0.2, -0.15) is 15.0 Å². The summed E-state index contributed by atoms with van der Waals surface area (Å²) in [6.45, 7) is 4.50. The molecule has 0 saturated heterocycles. The minimum absolute atomic E-state index is 0.415. The zero-order valence-corrected chi connectivity index (χ0v) is 17.2. The van der Waals surface area contributed by atoms with E-state index in [-0.39, 0.29) is 0 Å². The molecule has 0 aliphatic rings. The molecule has 8 nitrogen and oxygen atoms in total. The van der Waals surface area contributed by atoms with Gasteiger partial charge in [0.15, 0.2) is 11.5 Å². The summed E-state index contributed by atoms with van der Waals surface area (Å²) in [5.74, 6) is 3.11. The van der Waals surface area contributed by atoms with Crippen molar-refractivity contribution < 1.29 is 14.2 Å². The number of ether oxygens (including phenoxy) is 3. The SMILES string of the molecule is COc1cc(Nc2nc(C)nc(NCc3ccc(C)cc3)n2)cc(OC)c1OC. The molecule has 0 aliphatic carbocycles. The molecule has 152 valence electrons. The molecule has 0 saturated carbocycles. The molecule has 0 unspecified atom stereocenters.